The van der Waals surface area contributed by atoms with Gasteiger partial charge in [-0.15, -0.1) is 0 Å². The monoisotopic (exact) mass is 430 g/mol. The predicted octanol–water partition coefficient (Wildman–Crippen LogP) is 4.16. The molecule has 8 heteroatoms. The first kappa shape index (κ1) is 18.5. The molecule has 0 aliphatic rings. The van der Waals surface area contributed by atoms with Crippen molar-refractivity contribution in [2.75, 3.05) is 0 Å². The summed E-state index contributed by atoms with van der Waals surface area (Å²) in [7, 11) is 0. The Morgan fingerprint density at radius 2 is 1.81 bits per heavy atom. The fourth-order valence-electron chi connectivity index (χ4n) is 2.07. The van der Waals surface area contributed by atoms with Gasteiger partial charge in [0.2, 0.25) is 0 Å². The molecule has 1 N–H and O–H groups in total. The number of carbonyl (C=O) groups is 2. The molecule has 1 aromatic heterocycles. The van der Waals surface area contributed by atoms with Crippen LogP contribution in [0.2, 0.25) is 0 Å². The summed E-state index contributed by atoms with van der Waals surface area (Å²) >= 11 is 3.11. The van der Waals surface area contributed by atoms with Gasteiger partial charge in [-0.1, -0.05) is 12.1 Å². The number of carbonyl (C=O) groups excluding carboxylic acids is 2. The summed E-state index contributed by atoms with van der Waals surface area (Å²) in [5.74, 6) is -1.55. The second-order valence-corrected chi connectivity index (χ2v) is 6.02. The number of benzene rings is 2. The lowest BCUT2D eigenvalue weighted by atomic mass is 10.2. The summed E-state index contributed by atoms with van der Waals surface area (Å²) in [5, 5.41) is 3.82. The number of hydrogen-bond acceptors (Lipinski definition) is 5. The largest absolute Gasteiger partial charge is 0.444 e. The van der Waals surface area contributed by atoms with Crippen molar-refractivity contribution in [3.05, 3.63) is 88.0 Å². The number of hydrazone groups is 1. The van der Waals surface area contributed by atoms with Crippen LogP contribution in [0.25, 0.3) is 0 Å². The Bertz CT molecular complexity index is 999. The topological polar surface area (TPSA) is 80.9 Å². The first-order valence-corrected chi connectivity index (χ1v) is 8.48. The van der Waals surface area contributed by atoms with E-state index >= 15 is 0 Å². The van der Waals surface area contributed by atoms with Crippen molar-refractivity contribution in [2.45, 2.75) is 0 Å². The number of ether oxygens (including phenoxy) is 1. The van der Waals surface area contributed by atoms with Gasteiger partial charge < -0.3 is 9.15 Å². The van der Waals surface area contributed by atoms with E-state index in [1.165, 1.54) is 42.6 Å². The average molecular weight is 431 g/mol. The standard InChI is InChI=1S/C19H12BrFN2O4/c20-17-10-9-16(27-17)18(24)23-22-11-12-5-7-13(8-6-12)26-19(25)14-3-1-2-4-15(14)21/h1-11H,(H,23,24). The van der Waals surface area contributed by atoms with Crippen molar-refractivity contribution in [1.29, 1.82) is 0 Å². The van der Waals surface area contributed by atoms with Crippen LogP contribution in [-0.4, -0.2) is 18.1 Å². The fourth-order valence-corrected chi connectivity index (χ4v) is 2.37. The van der Waals surface area contributed by atoms with Gasteiger partial charge in [0.15, 0.2) is 10.4 Å². The van der Waals surface area contributed by atoms with Gasteiger partial charge in [0.05, 0.1) is 11.8 Å². The maximum Gasteiger partial charge on any atom is 0.346 e. The minimum Gasteiger partial charge on any atom is -0.444 e. The van der Waals surface area contributed by atoms with E-state index in [1.54, 1.807) is 24.3 Å². The lowest BCUT2D eigenvalue weighted by Gasteiger charge is -2.05. The number of nitrogens with one attached hydrogen (secondary N) is 1. The number of amides is 1. The molecule has 0 atom stereocenters. The molecule has 2 aromatic carbocycles. The van der Waals surface area contributed by atoms with Gasteiger partial charge >= 0.3 is 11.9 Å². The highest BCUT2D eigenvalue weighted by Crippen LogP contribution is 2.16. The molecule has 1 amide bonds. The van der Waals surface area contributed by atoms with Crippen molar-refractivity contribution < 1.29 is 23.1 Å². The summed E-state index contributed by atoms with van der Waals surface area (Å²) in [4.78, 5) is 23.7. The van der Waals surface area contributed by atoms with Crippen molar-refractivity contribution in [1.82, 2.24) is 5.43 Å². The summed E-state index contributed by atoms with van der Waals surface area (Å²) in [6, 6.07) is 15.0. The Labute approximate surface area is 161 Å². The molecule has 0 saturated carbocycles. The molecule has 0 unspecified atom stereocenters. The lowest BCUT2D eigenvalue weighted by molar-refractivity contribution is 0.0729. The van der Waals surface area contributed by atoms with Crippen LogP contribution in [0.1, 0.15) is 26.5 Å². The Morgan fingerprint density at radius 3 is 2.48 bits per heavy atom. The molecule has 1 heterocycles. The zero-order valence-corrected chi connectivity index (χ0v) is 15.3. The molecule has 136 valence electrons. The van der Waals surface area contributed by atoms with E-state index in [9.17, 15) is 14.0 Å². The number of esters is 1. The smallest absolute Gasteiger partial charge is 0.346 e. The van der Waals surface area contributed by atoms with Crippen molar-refractivity contribution >= 4 is 34.0 Å². The lowest BCUT2D eigenvalue weighted by Crippen LogP contribution is -2.16. The maximum atomic E-state index is 13.6. The van der Waals surface area contributed by atoms with E-state index in [1.807, 2.05) is 0 Å². The first-order valence-electron chi connectivity index (χ1n) is 7.68. The van der Waals surface area contributed by atoms with E-state index in [0.717, 1.165) is 0 Å². The summed E-state index contributed by atoms with van der Waals surface area (Å²) in [5.41, 5.74) is 2.84. The quantitative estimate of drug-likeness (QED) is 0.285. The summed E-state index contributed by atoms with van der Waals surface area (Å²) < 4.78 is 24.2. The van der Waals surface area contributed by atoms with E-state index in [2.05, 4.69) is 26.5 Å². The van der Waals surface area contributed by atoms with Crippen LogP contribution in [-0.2, 0) is 0 Å². The molecular formula is C19H12BrFN2O4. The molecule has 0 bridgehead atoms. The molecule has 0 saturated heterocycles. The molecule has 27 heavy (non-hydrogen) atoms. The molecule has 0 aliphatic carbocycles. The third kappa shape index (κ3) is 4.89. The molecule has 3 aromatic rings. The second kappa shape index (κ2) is 8.41. The molecular weight excluding hydrogens is 419 g/mol. The first-order chi connectivity index (χ1) is 13.0. The number of rotatable bonds is 5. The van der Waals surface area contributed by atoms with Crippen molar-refractivity contribution in [2.24, 2.45) is 5.10 Å². The van der Waals surface area contributed by atoms with Crippen molar-refractivity contribution in [3.8, 4) is 5.75 Å². The van der Waals surface area contributed by atoms with E-state index in [0.29, 0.717) is 10.2 Å². The van der Waals surface area contributed by atoms with Crippen LogP contribution in [0, 0.1) is 5.82 Å². The number of halogens is 2. The zero-order chi connectivity index (χ0) is 19.2. The average Bonchev–Trinajstić information content (AvgIpc) is 3.10. The molecule has 0 spiro atoms. The van der Waals surface area contributed by atoms with Gasteiger partial charge in [0.25, 0.3) is 0 Å². The third-order valence-corrected chi connectivity index (χ3v) is 3.79. The number of furan rings is 1. The SMILES string of the molecule is O=C(NN=Cc1ccc(OC(=O)c2ccccc2F)cc1)c1ccc(Br)o1. The highest BCUT2D eigenvalue weighted by Gasteiger charge is 2.13. The Balaban J connectivity index is 1.58. The molecule has 3 rings (SSSR count). The molecule has 0 aliphatic heterocycles. The molecule has 0 radical (unpaired) electrons. The van der Waals surface area contributed by atoms with E-state index < -0.39 is 17.7 Å². The zero-order valence-electron chi connectivity index (χ0n) is 13.7. The van der Waals surface area contributed by atoms with Gasteiger partial charge in [-0.2, -0.15) is 5.10 Å². The minimum absolute atomic E-state index is 0.120. The Hall–Kier alpha value is -3.26. The highest BCUT2D eigenvalue weighted by molar-refractivity contribution is 9.10. The van der Waals surface area contributed by atoms with Gasteiger partial charge in [0, 0.05) is 0 Å². The Kier molecular flexibility index (Phi) is 5.77. The van der Waals surface area contributed by atoms with E-state index in [-0.39, 0.29) is 17.1 Å². The second-order valence-electron chi connectivity index (χ2n) is 5.24. The van der Waals surface area contributed by atoms with Gasteiger partial charge in [-0.25, -0.2) is 14.6 Å². The predicted molar refractivity (Wildman–Crippen MR) is 99.3 cm³/mol. The van der Waals surface area contributed by atoms with E-state index in [4.69, 9.17) is 9.15 Å². The molecule has 6 nitrogen and oxygen atoms in total. The van der Waals surface area contributed by atoms with Crippen LogP contribution < -0.4 is 10.2 Å². The number of hydrogen-bond donors (Lipinski definition) is 1. The fraction of sp³-hybridized carbons (Fsp3) is 0. The van der Waals surface area contributed by atoms with Crippen LogP contribution in [0.4, 0.5) is 4.39 Å². The third-order valence-electron chi connectivity index (χ3n) is 3.36. The Morgan fingerprint density at radius 1 is 1.07 bits per heavy atom. The van der Waals surface area contributed by atoms with Gasteiger partial charge in [-0.3, -0.25) is 4.79 Å². The van der Waals surface area contributed by atoms with Gasteiger partial charge in [0.1, 0.15) is 11.6 Å². The van der Waals surface area contributed by atoms with Crippen LogP contribution >= 0.6 is 15.9 Å². The summed E-state index contributed by atoms with van der Waals surface area (Å²) in [6.07, 6.45) is 1.42. The highest BCUT2D eigenvalue weighted by atomic mass is 79.9. The van der Waals surface area contributed by atoms with Crippen LogP contribution in [0.3, 0.4) is 0 Å². The van der Waals surface area contributed by atoms with Crippen LogP contribution in [0.5, 0.6) is 5.75 Å². The normalized spacial score (nSPS) is 10.7. The van der Waals surface area contributed by atoms with Crippen LogP contribution in [0.15, 0.2) is 74.9 Å². The van der Waals surface area contributed by atoms with Gasteiger partial charge in [-0.05, 0) is 70.0 Å². The molecule has 0 fully saturated rings. The number of nitrogens with zero attached hydrogens (tertiary/aromatic N) is 1. The maximum absolute atomic E-state index is 13.6. The summed E-state index contributed by atoms with van der Waals surface area (Å²) in [6.45, 7) is 0. The minimum atomic E-state index is -0.786. The van der Waals surface area contributed by atoms with Crippen molar-refractivity contribution in [3.63, 3.8) is 0 Å².